The Morgan fingerprint density at radius 2 is 2.14 bits per heavy atom. The fraction of sp³-hybridized carbons (Fsp3) is 0.190. The molecule has 2 aliphatic heterocycles. The number of fused-ring (bicyclic) bond motifs is 3. The van der Waals surface area contributed by atoms with Crippen molar-refractivity contribution < 1.29 is 14.6 Å². The SMILES string of the molecule is COc1ccc(O)c(C2=NN3[C@H](C2)c2cc(Br)ccc2O[C@H]3c2cccs2)c1. The number of aromatic hydroxyl groups is 1. The third kappa shape index (κ3) is 2.86. The van der Waals surface area contributed by atoms with Crippen molar-refractivity contribution >= 4 is 33.0 Å². The standard InChI is InChI=1S/C21H17BrN2O3S/c1-26-13-5-6-18(25)14(10-13)16-11-17-15-9-12(22)4-7-19(15)27-21(24(17)23-16)20-3-2-8-28-20/h2-10,17,21,25H,11H2,1H3/t17-,21+/m1/s1. The molecule has 0 bridgehead atoms. The average molecular weight is 457 g/mol. The van der Waals surface area contributed by atoms with Crippen molar-refractivity contribution in [1.82, 2.24) is 5.01 Å². The van der Waals surface area contributed by atoms with E-state index < -0.39 is 0 Å². The van der Waals surface area contributed by atoms with Crippen LogP contribution in [0.5, 0.6) is 17.2 Å². The third-order valence-corrected chi connectivity index (χ3v) is 6.45. The predicted octanol–water partition coefficient (Wildman–Crippen LogP) is 5.47. The molecule has 5 nitrogen and oxygen atoms in total. The molecule has 3 aromatic rings. The van der Waals surface area contributed by atoms with Crippen LogP contribution < -0.4 is 9.47 Å². The van der Waals surface area contributed by atoms with Gasteiger partial charge in [-0.3, -0.25) is 0 Å². The van der Waals surface area contributed by atoms with Crippen LogP contribution in [0, 0.1) is 0 Å². The Labute approximate surface area is 175 Å². The van der Waals surface area contributed by atoms with Crippen LogP contribution in [0.1, 0.15) is 34.7 Å². The van der Waals surface area contributed by atoms with Gasteiger partial charge >= 0.3 is 0 Å². The number of nitrogens with zero attached hydrogens (tertiary/aromatic N) is 2. The van der Waals surface area contributed by atoms with E-state index in [2.05, 4.69) is 28.1 Å². The maximum atomic E-state index is 10.4. The number of hydrogen-bond acceptors (Lipinski definition) is 6. The molecule has 0 unspecified atom stereocenters. The third-order valence-electron chi connectivity index (χ3n) is 5.05. The summed E-state index contributed by atoms with van der Waals surface area (Å²) in [6.07, 6.45) is 0.388. The number of halogens is 1. The van der Waals surface area contributed by atoms with E-state index in [1.165, 1.54) is 0 Å². The van der Waals surface area contributed by atoms with Gasteiger partial charge in [-0.15, -0.1) is 11.3 Å². The number of benzene rings is 2. The summed E-state index contributed by atoms with van der Waals surface area (Å²) in [5.41, 5.74) is 2.60. The van der Waals surface area contributed by atoms with Gasteiger partial charge in [0.25, 0.3) is 0 Å². The molecule has 5 rings (SSSR count). The monoisotopic (exact) mass is 456 g/mol. The van der Waals surface area contributed by atoms with E-state index in [0.29, 0.717) is 17.7 Å². The van der Waals surface area contributed by atoms with Gasteiger partial charge in [-0.25, -0.2) is 5.01 Å². The minimum atomic E-state index is -0.288. The first-order valence-electron chi connectivity index (χ1n) is 8.87. The van der Waals surface area contributed by atoms with E-state index in [1.54, 1.807) is 30.6 Å². The van der Waals surface area contributed by atoms with Gasteiger partial charge < -0.3 is 14.6 Å². The fourth-order valence-electron chi connectivity index (χ4n) is 3.71. The topological polar surface area (TPSA) is 54.3 Å². The molecule has 28 heavy (non-hydrogen) atoms. The predicted molar refractivity (Wildman–Crippen MR) is 112 cm³/mol. The number of hydrogen-bond donors (Lipinski definition) is 1. The number of ether oxygens (including phenoxy) is 2. The molecule has 2 aromatic carbocycles. The highest BCUT2D eigenvalue weighted by atomic mass is 79.9. The molecule has 0 saturated carbocycles. The highest BCUT2D eigenvalue weighted by Crippen LogP contribution is 2.49. The quantitative estimate of drug-likeness (QED) is 0.567. The molecule has 7 heteroatoms. The molecule has 0 aliphatic carbocycles. The first-order chi connectivity index (χ1) is 13.6. The summed E-state index contributed by atoms with van der Waals surface area (Å²) in [6, 6.07) is 15.4. The molecule has 2 aliphatic rings. The van der Waals surface area contributed by atoms with Crippen molar-refractivity contribution in [3.05, 3.63) is 74.4 Å². The van der Waals surface area contributed by atoms with E-state index >= 15 is 0 Å². The lowest BCUT2D eigenvalue weighted by atomic mass is 9.96. The summed E-state index contributed by atoms with van der Waals surface area (Å²) < 4.78 is 12.7. The summed E-state index contributed by atoms with van der Waals surface area (Å²) in [5, 5.41) is 19.4. The van der Waals surface area contributed by atoms with Gasteiger partial charge in [0.05, 0.1) is 23.7 Å². The van der Waals surface area contributed by atoms with Crippen molar-refractivity contribution in [3.63, 3.8) is 0 Å². The van der Waals surface area contributed by atoms with Crippen LogP contribution in [0.3, 0.4) is 0 Å². The largest absolute Gasteiger partial charge is 0.507 e. The summed E-state index contributed by atoms with van der Waals surface area (Å²) in [6.45, 7) is 0. The van der Waals surface area contributed by atoms with E-state index in [9.17, 15) is 5.11 Å². The summed E-state index contributed by atoms with van der Waals surface area (Å²) in [7, 11) is 1.62. The van der Waals surface area contributed by atoms with Gasteiger partial charge in [0, 0.05) is 22.0 Å². The number of thiophene rings is 1. The number of rotatable bonds is 3. The highest BCUT2D eigenvalue weighted by Gasteiger charge is 2.41. The molecule has 0 amide bonds. The number of phenolic OH excluding ortho intramolecular Hbond substituents is 1. The molecule has 0 spiro atoms. The van der Waals surface area contributed by atoms with Crippen LogP contribution in [0.25, 0.3) is 0 Å². The van der Waals surface area contributed by atoms with Crippen molar-refractivity contribution in [2.75, 3.05) is 7.11 Å². The Kier molecular flexibility index (Phi) is 4.29. The first kappa shape index (κ1) is 17.6. The van der Waals surface area contributed by atoms with Crippen LogP contribution in [-0.2, 0) is 0 Å². The minimum Gasteiger partial charge on any atom is -0.507 e. The van der Waals surface area contributed by atoms with Gasteiger partial charge in [-0.1, -0.05) is 22.0 Å². The van der Waals surface area contributed by atoms with Gasteiger partial charge in [0.15, 0.2) is 0 Å². The van der Waals surface area contributed by atoms with Gasteiger partial charge in [0.2, 0.25) is 6.23 Å². The van der Waals surface area contributed by atoms with E-state index in [4.69, 9.17) is 14.6 Å². The Balaban J connectivity index is 1.61. The highest BCUT2D eigenvalue weighted by molar-refractivity contribution is 9.10. The molecule has 0 saturated heterocycles. The molecule has 1 aromatic heterocycles. The van der Waals surface area contributed by atoms with Crippen molar-refractivity contribution in [3.8, 4) is 17.2 Å². The summed E-state index contributed by atoms with van der Waals surface area (Å²) in [5.74, 6) is 1.76. The normalized spacial score (nSPS) is 20.2. The molecule has 3 heterocycles. The zero-order valence-corrected chi connectivity index (χ0v) is 17.4. The summed E-state index contributed by atoms with van der Waals surface area (Å²) in [4.78, 5) is 1.10. The van der Waals surface area contributed by atoms with Crippen LogP contribution in [0.4, 0.5) is 0 Å². The van der Waals surface area contributed by atoms with Crippen LogP contribution in [-0.4, -0.2) is 22.9 Å². The Bertz CT molecular complexity index is 1070. The Morgan fingerprint density at radius 1 is 1.25 bits per heavy atom. The van der Waals surface area contributed by atoms with Crippen LogP contribution in [0.15, 0.2) is 63.5 Å². The zero-order valence-electron chi connectivity index (χ0n) is 15.0. The van der Waals surface area contributed by atoms with E-state index in [0.717, 1.165) is 26.4 Å². The molecule has 2 atom stereocenters. The Morgan fingerprint density at radius 3 is 2.93 bits per heavy atom. The molecule has 1 N–H and O–H groups in total. The maximum absolute atomic E-state index is 10.4. The molecule has 0 radical (unpaired) electrons. The minimum absolute atomic E-state index is 0.0361. The average Bonchev–Trinajstić information content (AvgIpc) is 3.38. The fourth-order valence-corrected chi connectivity index (χ4v) is 4.84. The van der Waals surface area contributed by atoms with Gasteiger partial charge in [-0.2, -0.15) is 5.10 Å². The van der Waals surface area contributed by atoms with Gasteiger partial charge in [0.1, 0.15) is 17.2 Å². The molecule has 142 valence electrons. The second-order valence-electron chi connectivity index (χ2n) is 6.70. The molecular weight excluding hydrogens is 440 g/mol. The molecular formula is C21H17BrN2O3S. The number of phenols is 1. The lowest BCUT2D eigenvalue weighted by Gasteiger charge is -2.37. The Hall–Kier alpha value is -2.51. The lowest BCUT2D eigenvalue weighted by Crippen LogP contribution is -2.33. The van der Waals surface area contributed by atoms with Gasteiger partial charge in [-0.05, 0) is 47.8 Å². The van der Waals surface area contributed by atoms with Crippen molar-refractivity contribution in [1.29, 1.82) is 0 Å². The van der Waals surface area contributed by atoms with E-state index in [1.807, 2.05) is 34.7 Å². The first-order valence-corrected chi connectivity index (χ1v) is 10.5. The van der Waals surface area contributed by atoms with Crippen LogP contribution in [0.2, 0.25) is 0 Å². The number of hydrazone groups is 1. The smallest absolute Gasteiger partial charge is 0.222 e. The van der Waals surface area contributed by atoms with E-state index in [-0.39, 0.29) is 18.0 Å². The number of methoxy groups -OCH3 is 1. The molecule has 0 fully saturated rings. The maximum Gasteiger partial charge on any atom is 0.222 e. The second kappa shape index (κ2) is 6.83. The van der Waals surface area contributed by atoms with Crippen LogP contribution >= 0.6 is 27.3 Å². The zero-order chi connectivity index (χ0) is 19.3. The van der Waals surface area contributed by atoms with Crippen molar-refractivity contribution in [2.24, 2.45) is 5.10 Å². The second-order valence-corrected chi connectivity index (χ2v) is 8.59. The lowest BCUT2D eigenvalue weighted by molar-refractivity contribution is -0.0166. The van der Waals surface area contributed by atoms with Crippen molar-refractivity contribution in [2.45, 2.75) is 18.7 Å². The summed E-state index contributed by atoms with van der Waals surface area (Å²) >= 11 is 5.21.